The van der Waals surface area contributed by atoms with Crippen molar-refractivity contribution in [3.63, 3.8) is 0 Å². The Labute approximate surface area is 155 Å². The van der Waals surface area contributed by atoms with Crippen LogP contribution in [0.3, 0.4) is 0 Å². The molecule has 1 unspecified atom stereocenters. The highest BCUT2D eigenvalue weighted by Gasteiger charge is 2.20. The van der Waals surface area contributed by atoms with E-state index in [0.29, 0.717) is 19.0 Å². The maximum Gasteiger partial charge on any atom is 0.223 e. The quantitative estimate of drug-likeness (QED) is 0.377. The molecule has 0 aliphatic heterocycles. The van der Waals surface area contributed by atoms with Crippen molar-refractivity contribution < 1.29 is 4.79 Å². The third kappa shape index (κ3) is 7.06. The summed E-state index contributed by atoms with van der Waals surface area (Å²) >= 11 is 1.72. The number of carbonyl (C=O) groups excluding carboxylic acids is 1. The molecule has 0 aromatic carbocycles. The molecule has 1 aliphatic carbocycles. The SMILES string of the molecule is CCNC(=NCC(C)c1ccsc1)NCCNC(=O)C1CCCCC1. The molecule has 1 aliphatic rings. The molecule has 25 heavy (non-hydrogen) atoms. The first-order chi connectivity index (χ1) is 12.2. The second kappa shape index (κ2) is 11.1. The molecule has 1 atom stereocenters. The molecule has 1 aromatic heterocycles. The molecule has 0 bridgehead atoms. The van der Waals surface area contributed by atoms with Gasteiger partial charge < -0.3 is 16.0 Å². The second-order valence-corrected chi connectivity index (χ2v) is 7.51. The Morgan fingerprint density at radius 3 is 2.68 bits per heavy atom. The molecule has 2 rings (SSSR count). The number of nitrogens with zero attached hydrogens (tertiary/aromatic N) is 1. The molecule has 6 heteroatoms. The van der Waals surface area contributed by atoms with Gasteiger partial charge in [-0.2, -0.15) is 11.3 Å². The Morgan fingerprint density at radius 1 is 1.24 bits per heavy atom. The minimum absolute atomic E-state index is 0.217. The summed E-state index contributed by atoms with van der Waals surface area (Å²) in [6.07, 6.45) is 5.75. The standard InChI is InChI=1S/C19H32N4OS/c1-3-20-19(23-13-15(2)17-9-12-25-14-17)22-11-10-21-18(24)16-7-5-4-6-8-16/h9,12,14-16H,3-8,10-11,13H2,1-2H3,(H,21,24)(H2,20,22,23). The molecular weight excluding hydrogens is 332 g/mol. The van der Waals surface area contributed by atoms with E-state index in [2.05, 4.69) is 51.6 Å². The van der Waals surface area contributed by atoms with Gasteiger partial charge in [0.1, 0.15) is 0 Å². The largest absolute Gasteiger partial charge is 0.357 e. The second-order valence-electron chi connectivity index (χ2n) is 6.73. The number of amides is 1. The highest BCUT2D eigenvalue weighted by molar-refractivity contribution is 7.07. The lowest BCUT2D eigenvalue weighted by Crippen LogP contribution is -2.42. The van der Waals surface area contributed by atoms with Crippen molar-refractivity contribution in [1.29, 1.82) is 0 Å². The van der Waals surface area contributed by atoms with E-state index in [1.54, 1.807) is 11.3 Å². The van der Waals surface area contributed by atoms with Crippen LogP contribution in [0.25, 0.3) is 0 Å². The van der Waals surface area contributed by atoms with E-state index in [-0.39, 0.29) is 11.8 Å². The van der Waals surface area contributed by atoms with E-state index < -0.39 is 0 Å². The van der Waals surface area contributed by atoms with E-state index in [4.69, 9.17) is 0 Å². The summed E-state index contributed by atoms with van der Waals surface area (Å²) in [6, 6.07) is 2.16. The molecule has 1 saturated carbocycles. The van der Waals surface area contributed by atoms with Gasteiger partial charge in [0.25, 0.3) is 0 Å². The van der Waals surface area contributed by atoms with Crippen LogP contribution in [0.4, 0.5) is 0 Å². The Balaban J connectivity index is 1.69. The Bertz CT molecular complexity index is 524. The summed E-state index contributed by atoms with van der Waals surface area (Å²) in [5.74, 6) is 1.67. The van der Waals surface area contributed by atoms with E-state index >= 15 is 0 Å². The van der Waals surface area contributed by atoms with Gasteiger partial charge in [-0.15, -0.1) is 0 Å². The molecule has 140 valence electrons. The van der Waals surface area contributed by atoms with Gasteiger partial charge in [-0.05, 0) is 42.2 Å². The normalized spacial score (nSPS) is 17.1. The van der Waals surface area contributed by atoms with Gasteiger partial charge in [-0.1, -0.05) is 26.2 Å². The number of carbonyl (C=O) groups is 1. The zero-order chi connectivity index (χ0) is 17.9. The molecule has 1 heterocycles. The van der Waals surface area contributed by atoms with Crippen LogP contribution in [0.2, 0.25) is 0 Å². The monoisotopic (exact) mass is 364 g/mol. The first kappa shape index (κ1) is 19.8. The molecule has 1 amide bonds. The van der Waals surface area contributed by atoms with Crippen LogP contribution < -0.4 is 16.0 Å². The van der Waals surface area contributed by atoms with Crippen molar-refractivity contribution in [2.75, 3.05) is 26.2 Å². The molecular formula is C19H32N4OS. The third-order valence-electron chi connectivity index (χ3n) is 4.67. The fraction of sp³-hybridized carbons (Fsp3) is 0.684. The lowest BCUT2D eigenvalue weighted by molar-refractivity contribution is -0.125. The lowest BCUT2D eigenvalue weighted by Gasteiger charge is -2.21. The fourth-order valence-corrected chi connectivity index (χ4v) is 3.89. The summed E-state index contributed by atoms with van der Waals surface area (Å²) in [7, 11) is 0. The van der Waals surface area contributed by atoms with Crippen molar-refractivity contribution in [3.8, 4) is 0 Å². The molecule has 1 fully saturated rings. The van der Waals surface area contributed by atoms with Gasteiger partial charge in [0.15, 0.2) is 5.96 Å². The minimum Gasteiger partial charge on any atom is -0.357 e. The Morgan fingerprint density at radius 2 is 2.00 bits per heavy atom. The smallest absolute Gasteiger partial charge is 0.223 e. The number of thiophene rings is 1. The molecule has 0 spiro atoms. The first-order valence-corrected chi connectivity index (χ1v) is 10.5. The van der Waals surface area contributed by atoms with E-state index in [1.807, 2.05) is 0 Å². The third-order valence-corrected chi connectivity index (χ3v) is 5.37. The fourth-order valence-electron chi connectivity index (χ4n) is 3.11. The van der Waals surface area contributed by atoms with Gasteiger partial charge in [-0.25, -0.2) is 0 Å². The summed E-state index contributed by atoms with van der Waals surface area (Å²) in [4.78, 5) is 16.8. The van der Waals surface area contributed by atoms with Gasteiger partial charge in [0, 0.05) is 38.0 Å². The highest BCUT2D eigenvalue weighted by atomic mass is 32.1. The molecule has 0 saturated heterocycles. The van der Waals surface area contributed by atoms with Crippen molar-refractivity contribution in [2.24, 2.45) is 10.9 Å². The molecule has 0 radical (unpaired) electrons. The number of aliphatic imine (C=N–C) groups is 1. The van der Waals surface area contributed by atoms with Crippen LogP contribution in [-0.4, -0.2) is 38.0 Å². The lowest BCUT2D eigenvalue weighted by atomic mass is 9.89. The zero-order valence-electron chi connectivity index (χ0n) is 15.5. The predicted octanol–water partition coefficient (Wildman–Crippen LogP) is 3.10. The van der Waals surface area contributed by atoms with E-state index in [1.165, 1.54) is 24.8 Å². The van der Waals surface area contributed by atoms with Crippen LogP contribution in [-0.2, 0) is 4.79 Å². The summed E-state index contributed by atoms with van der Waals surface area (Å²) in [5.41, 5.74) is 1.34. The van der Waals surface area contributed by atoms with Crippen LogP contribution in [0, 0.1) is 5.92 Å². The predicted molar refractivity (Wildman–Crippen MR) is 106 cm³/mol. The summed E-state index contributed by atoms with van der Waals surface area (Å²) < 4.78 is 0. The number of hydrogen-bond donors (Lipinski definition) is 3. The van der Waals surface area contributed by atoms with Gasteiger partial charge in [-0.3, -0.25) is 9.79 Å². The number of hydrogen-bond acceptors (Lipinski definition) is 3. The van der Waals surface area contributed by atoms with Crippen LogP contribution in [0.15, 0.2) is 21.8 Å². The van der Waals surface area contributed by atoms with Crippen molar-refractivity contribution in [3.05, 3.63) is 22.4 Å². The van der Waals surface area contributed by atoms with Crippen molar-refractivity contribution in [1.82, 2.24) is 16.0 Å². The Kier molecular flexibility index (Phi) is 8.80. The van der Waals surface area contributed by atoms with E-state index in [0.717, 1.165) is 31.9 Å². The number of guanidine groups is 1. The number of nitrogens with one attached hydrogen (secondary N) is 3. The van der Waals surface area contributed by atoms with Crippen molar-refractivity contribution in [2.45, 2.75) is 51.9 Å². The van der Waals surface area contributed by atoms with E-state index in [9.17, 15) is 4.79 Å². The van der Waals surface area contributed by atoms with Gasteiger partial charge >= 0.3 is 0 Å². The molecule has 1 aromatic rings. The van der Waals surface area contributed by atoms with Crippen LogP contribution in [0.1, 0.15) is 57.4 Å². The zero-order valence-corrected chi connectivity index (χ0v) is 16.3. The van der Waals surface area contributed by atoms with Crippen LogP contribution >= 0.6 is 11.3 Å². The minimum atomic E-state index is 0.217. The maximum atomic E-state index is 12.1. The topological polar surface area (TPSA) is 65.5 Å². The maximum absolute atomic E-state index is 12.1. The highest BCUT2D eigenvalue weighted by Crippen LogP contribution is 2.23. The molecule has 3 N–H and O–H groups in total. The van der Waals surface area contributed by atoms with Crippen molar-refractivity contribution >= 4 is 23.2 Å². The molecule has 5 nitrogen and oxygen atoms in total. The number of rotatable bonds is 8. The average Bonchev–Trinajstić information content (AvgIpc) is 3.18. The van der Waals surface area contributed by atoms with Crippen LogP contribution in [0.5, 0.6) is 0 Å². The van der Waals surface area contributed by atoms with Gasteiger partial charge in [0.05, 0.1) is 0 Å². The first-order valence-electron chi connectivity index (χ1n) is 9.52. The van der Waals surface area contributed by atoms with Gasteiger partial charge in [0.2, 0.25) is 5.91 Å². The average molecular weight is 365 g/mol. The summed E-state index contributed by atoms with van der Waals surface area (Å²) in [6.45, 7) is 7.16. The Hall–Kier alpha value is -1.56. The summed E-state index contributed by atoms with van der Waals surface area (Å²) in [5, 5.41) is 13.9.